The fourth-order valence-corrected chi connectivity index (χ4v) is 2.88. The van der Waals surface area contributed by atoms with Gasteiger partial charge in [-0.2, -0.15) is 0 Å². The zero-order valence-electron chi connectivity index (χ0n) is 12.4. The summed E-state index contributed by atoms with van der Waals surface area (Å²) in [6, 6.07) is 3.65. The number of rotatable bonds is 5. The number of carbonyl (C=O) groups is 1. The molecule has 1 aliphatic rings. The summed E-state index contributed by atoms with van der Waals surface area (Å²) in [5, 5.41) is 3.16. The van der Waals surface area contributed by atoms with Crippen LogP contribution < -0.4 is 14.8 Å². The third-order valence-corrected chi connectivity index (χ3v) is 4.27. The number of benzene rings is 1. The van der Waals surface area contributed by atoms with Crippen LogP contribution in [0.25, 0.3) is 0 Å². The van der Waals surface area contributed by atoms with Gasteiger partial charge in [0.2, 0.25) is 5.91 Å². The molecule has 1 N–H and O–H groups in total. The largest absolute Gasteiger partial charge is 0.493 e. The summed E-state index contributed by atoms with van der Waals surface area (Å²) in [7, 11) is 3.19. The number of methoxy groups -OCH3 is 2. The van der Waals surface area contributed by atoms with Crippen molar-refractivity contribution in [3.05, 3.63) is 16.6 Å². The molecule has 21 heavy (non-hydrogen) atoms. The van der Waals surface area contributed by atoms with E-state index >= 15 is 0 Å². The minimum absolute atomic E-state index is 0.136. The van der Waals surface area contributed by atoms with Gasteiger partial charge < -0.3 is 19.7 Å². The van der Waals surface area contributed by atoms with Gasteiger partial charge >= 0.3 is 0 Å². The molecule has 1 aliphatic heterocycles. The van der Waals surface area contributed by atoms with Crippen molar-refractivity contribution in [1.82, 2.24) is 4.90 Å². The van der Waals surface area contributed by atoms with Gasteiger partial charge in [0.05, 0.1) is 26.5 Å². The van der Waals surface area contributed by atoms with E-state index in [0.717, 1.165) is 36.1 Å². The summed E-state index contributed by atoms with van der Waals surface area (Å²) >= 11 is 3.47. The van der Waals surface area contributed by atoms with Gasteiger partial charge in [0.1, 0.15) is 0 Å². The highest BCUT2D eigenvalue weighted by Gasteiger charge is 2.17. The Bertz CT molecular complexity index is 502. The van der Waals surface area contributed by atoms with Gasteiger partial charge in [0.25, 0.3) is 0 Å². The zero-order chi connectivity index (χ0) is 15.2. The topological polar surface area (TPSA) is 50.8 Å². The fraction of sp³-hybridized carbons (Fsp3) is 0.533. The van der Waals surface area contributed by atoms with Crippen molar-refractivity contribution < 1.29 is 14.3 Å². The van der Waals surface area contributed by atoms with Crippen molar-refractivity contribution >= 4 is 27.5 Å². The van der Waals surface area contributed by atoms with Crippen LogP contribution >= 0.6 is 15.9 Å². The van der Waals surface area contributed by atoms with E-state index in [1.165, 1.54) is 6.42 Å². The Morgan fingerprint density at radius 2 is 1.81 bits per heavy atom. The molecular weight excluding hydrogens is 336 g/mol. The monoisotopic (exact) mass is 356 g/mol. The quantitative estimate of drug-likeness (QED) is 0.881. The minimum atomic E-state index is 0.136. The number of nitrogens with one attached hydrogen (secondary N) is 1. The lowest BCUT2D eigenvalue weighted by molar-refractivity contribution is -0.130. The molecule has 1 saturated heterocycles. The Balaban J connectivity index is 2.00. The van der Waals surface area contributed by atoms with Crippen LogP contribution in [0.5, 0.6) is 11.5 Å². The van der Waals surface area contributed by atoms with Crippen molar-refractivity contribution in [2.45, 2.75) is 19.3 Å². The second-order valence-electron chi connectivity index (χ2n) is 4.98. The fourth-order valence-electron chi connectivity index (χ4n) is 2.42. The average molecular weight is 357 g/mol. The van der Waals surface area contributed by atoms with Gasteiger partial charge in [-0.1, -0.05) is 0 Å². The van der Waals surface area contributed by atoms with E-state index in [4.69, 9.17) is 9.47 Å². The maximum absolute atomic E-state index is 12.2. The Labute approximate surface area is 133 Å². The van der Waals surface area contributed by atoms with Crippen molar-refractivity contribution in [3.63, 3.8) is 0 Å². The summed E-state index contributed by atoms with van der Waals surface area (Å²) in [4.78, 5) is 14.1. The molecule has 6 heteroatoms. The molecule has 0 spiro atoms. The van der Waals surface area contributed by atoms with Gasteiger partial charge in [0.15, 0.2) is 11.5 Å². The minimum Gasteiger partial charge on any atom is -0.493 e. The van der Waals surface area contributed by atoms with E-state index < -0.39 is 0 Å². The average Bonchev–Trinajstić information content (AvgIpc) is 2.53. The number of likely N-dealkylation sites (tertiary alicyclic amines) is 1. The molecule has 2 rings (SSSR count). The lowest BCUT2D eigenvalue weighted by Gasteiger charge is -2.27. The normalized spacial score (nSPS) is 14.7. The van der Waals surface area contributed by atoms with Crippen molar-refractivity contribution in [3.8, 4) is 11.5 Å². The Hall–Kier alpha value is -1.43. The van der Waals surface area contributed by atoms with Gasteiger partial charge in [-0.3, -0.25) is 4.79 Å². The maximum Gasteiger partial charge on any atom is 0.241 e. The molecule has 1 amide bonds. The van der Waals surface area contributed by atoms with Crippen LogP contribution in [0.1, 0.15) is 19.3 Å². The first-order chi connectivity index (χ1) is 10.2. The number of anilines is 1. The van der Waals surface area contributed by atoms with Gasteiger partial charge in [-0.25, -0.2) is 0 Å². The molecule has 0 aromatic heterocycles. The smallest absolute Gasteiger partial charge is 0.241 e. The SMILES string of the molecule is COc1cc(Br)c(NCC(=O)N2CCCCC2)cc1OC. The standard InChI is InChI=1S/C15H21BrN2O3/c1-20-13-8-11(16)12(9-14(13)21-2)17-10-15(19)18-6-4-3-5-7-18/h8-9,17H,3-7,10H2,1-2H3. The van der Waals surface area contributed by atoms with Crippen molar-refractivity contribution in [2.75, 3.05) is 39.2 Å². The zero-order valence-corrected chi connectivity index (χ0v) is 14.0. The first-order valence-corrected chi connectivity index (χ1v) is 7.88. The maximum atomic E-state index is 12.2. The van der Waals surface area contributed by atoms with Gasteiger partial charge in [-0.15, -0.1) is 0 Å². The number of carbonyl (C=O) groups excluding carboxylic acids is 1. The molecule has 1 aromatic carbocycles. The molecule has 1 aromatic rings. The molecule has 0 bridgehead atoms. The van der Waals surface area contributed by atoms with Crippen molar-refractivity contribution in [2.24, 2.45) is 0 Å². The predicted molar refractivity (Wildman–Crippen MR) is 86.2 cm³/mol. The van der Waals surface area contributed by atoms with Crippen LogP contribution in [0.3, 0.4) is 0 Å². The van der Waals surface area contributed by atoms with Crippen LogP contribution in [0.4, 0.5) is 5.69 Å². The van der Waals surface area contributed by atoms with Gasteiger partial charge in [-0.05, 0) is 35.2 Å². The number of nitrogens with zero attached hydrogens (tertiary/aromatic N) is 1. The van der Waals surface area contributed by atoms with Crippen LogP contribution in [-0.2, 0) is 4.79 Å². The van der Waals surface area contributed by atoms with E-state index in [1.807, 2.05) is 17.0 Å². The molecular formula is C15H21BrN2O3. The second kappa shape index (κ2) is 7.54. The van der Waals surface area contributed by atoms with Gasteiger partial charge in [0, 0.05) is 29.7 Å². The highest BCUT2D eigenvalue weighted by atomic mass is 79.9. The first-order valence-electron chi connectivity index (χ1n) is 7.09. The summed E-state index contributed by atoms with van der Waals surface area (Å²) in [5.74, 6) is 1.42. The molecule has 0 atom stereocenters. The number of ether oxygens (including phenoxy) is 2. The number of piperidine rings is 1. The summed E-state index contributed by atoms with van der Waals surface area (Å²) in [6.45, 7) is 2.02. The van der Waals surface area contributed by atoms with E-state index in [0.29, 0.717) is 11.5 Å². The number of hydrogen-bond donors (Lipinski definition) is 1. The predicted octanol–water partition coefficient (Wildman–Crippen LogP) is 2.89. The summed E-state index contributed by atoms with van der Waals surface area (Å²) in [5.41, 5.74) is 0.818. The highest BCUT2D eigenvalue weighted by molar-refractivity contribution is 9.10. The Kier molecular flexibility index (Phi) is 5.73. The van der Waals surface area contributed by atoms with Crippen LogP contribution in [0, 0.1) is 0 Å². The Morgan fingerprint density at radius 1 is 1.19 bits per heavy atom. The number of hydrogen-bond acceptors (Lipinski definition) is 4. The molecule has 0 saturated carbocycles. The van der Waals surface area contributed by atoms with Crippen molar-refractivity contribution in [1.29, 1.82) is 0 Å². The molecule has 1 heterocycles. The third kappa shape index (κ3) is 4.03. The highest BCUT2D eigenvalue weighted by Crippen LogP contribution is 2.36. The van der Waals surface area contributed by atoms with E-state index in [1.54, 1.807) is 14.2 Å². The molecule has 0 radical (unpaired) electrons. The molecule has 1 fully saturated rings. The third-order valence-electron chi connectivity index (χ3n) is 3.61. The lowest BCUT2D eigenvalue weighted by atomic mass is 10.1. The molecule has 116 valence electrons. The summed E-state index contributed by atoms with van der Waals surface area (Å²) in [6.07, 6.45) is 3.43. The second-order valence-corrected chi connectivity index (χ2v) is 5.84. The molecule has 0 aliphatic carbocycles. The van der Waals surface area contributed by atoms with E-state index in [-0.39, 0.29) is 12.5 Å². The summed E-state index contributed by atoms with van der Waals surface area (Å²) < 4.78 is 11.3. The van der Waals surface area contributed by atoms with E-state index in [2.05, 4.69) is 21.2 Å². The number of amides is 1. The molecule has 0 unspecified atom stereocenters. The van der Waals surface area contributed by atoms with Crippen LogP contribution in [0.15, 0.2) is 16.6 Å². The number of halogens is 1. The first kappa shape index (κ1) is 15.9. The lowest BCUT2D eigenvalue weighted by Crippen LogP contribution is -2.39. The van der Waals surface area contributed by atoms with Crippen LogP contribution in [0.2, 0.25) is 0 Å². The van der Waals surface area contributed by atoms with E-state index in [9.17, 15) is 4.79 Å². The van der Waals surface area contributed by atoms with Crippen LogP contribution in [-0.4, -0.2) is 44.7 Å². The Morgan fingerprint density at radius 3 is 2.43 bits per heavy atom. The molecule has 5 nitrogen and oxygen atoms in total.